The molecule has 1 saturated carbocycles. The number of nitrogens with zero attached hydrogens (tertiary/aromatic N) is 3. The standard InChI is InChI=1S/C11H16N4OS/c1-7-6-15(4-5-17-7)11(16)10-12-9(13-14-10)8-2-3-8/h7-8H,2-6H2,1H3,(H,12,13,14). The molecule has 6 heteroatoms. The zero-order valence-electron chi connectivity index (χ0n) is 9.85. The van der Waals surface area contributed by atoms with Crippen molar-refractivity contribution in [3.8, 4) is 0 Å². The summed E-state index contributed by atoms with van der Waals surface area (Å²) < 4.78 is 0. The van der Waals surface area contributed by atoms with Crippen molar-refractivity contribution in [1.29, 1.82) is 0 Å². The molecule has 3 rings (SSSR count). The SMILES string of the molecule is CC1CN(C(=O)c2n[nH]c(C3CC3)n2)CCS1. The molecule has 1 aliphatic heterocycles. The van der Waals surface area contributed by atoms with E-state index in [1.54, 1.807) is 0 Å². The third-order valence-corrected chi connectivity index (χ3v) is 4.32. The van der Waals surface area contributed by atoms with Crippen LogP contribution in [0.5, 0.6) is 0 Å². The van der Waals surface area contributed by atoms with Gasteiger partial charge in [0.1, 0.15) is 5.82 Å². The highest BCUT2D eigenvalue weighted by Crippen LogP contribution is 2.37. The van der Waals surface area contributed by atoms with Gasteiger partial charge >= 0.3 is 0 Å². The lowest BCUT2D eigenvalue weighted by molar-refractivity contribution is 0.0751. The number of hydrogen-bond acceptors (Lipinski definition) is 4. The van der Waals surface area contributed by atoms with Crippen LogP contribution in [0.4, 0.5) is 0 Å². The van der Waals surface area contributed by atoms with E-state index in [0.29, 0.717) is 17.0 Å². The topological polar surface area (TPSA) is 61.9 Å². The maximum atomic E-state index is 12.2. The first kappa shape index (κ1) is 11.1. The maximum Gasteiger partial charge on any atom is 0.293 e. The highest BCUT2D eigenvalue weighted by molar-refractivity contribution is 7.99. The van der Waals surface area contributed by atoms with Crippen LogP contribution in [0.1, 0.15) is 42.1 Å². The minimum Gasteiger partial charge on any atom is -0.334 e. The number of amides is 1. The van der Waals surface area contributed by atoms with Crippen LogP contribution >= 0.6 is 11.8 Å². The highest BCUT2D eigenvalue weighted by atomic mass is 32.2. The molecule has 0 radical (unpaired) electrons. The lowest BCUT2D eigenvalue weighted by Gasteiger charge is -2.29. The smallest absolute Gasteiger partial charge is 0.293 e. The van der Waals surface area contributed by atoms with Gasteiger partial charge in [0.25, 0.3) is 5.91 Å². The molecule has 1 atom stereocenters. The molecule has 2 fully saturated rings. The number of aromatic nitrogens is 3. The molecule has 2 aliphatic rings. The lowest BCUT2D eigenvalue weighted by atomic mass is 10.3. The van der Waals surface area contributed by atoms with Gasteiger partial charge < -0.3 is 4.90 Å². The summed E-state index contributed by atoms with van der Waals surface area (Å²) in [5.74, 6) is 2.71. The predicted molar refractivity (Wildman–Crippen MR) is 66.2 cm³/mol. The van der Waals surface area contributed by atoms with Crippen LogP contribution in [0.2, 0.25) is 0 Å². The lowest BCUT2D eigenvalue weighted by Crippen LogP contribution is -2.41. The van der Waals surface area contributed by atoms with Crippen molar-refractivity contribution in [2.24, 2.45) is 0 Å². The number of thioether (sulfide) groups is 1. The van der Waals surface area contributed by atoms with Gasteiger partial charge in [-0.2, -0.15) is 11.8 Å². The average molecular weight is 252 g/mol. The van der Waals surface area contributed by atoms with Crippen LogP contribution < -0.4 is 0 Å². The second-order valence-corrected chi connectivity index (χ2v) is 6.30. The normalized spacial score (nSPS) is 25.0. The number of aromatic amines is 1. The van der Waals surface area contributed by atoms with Gasteiger partial charge in [-0.1, -0.05) is 6.92 Å². The molecule has 0 aromatic carbocycles. The molecular weight excluding hydrogens is 236 g/mol. The predicted octanol–water partition coefficient (Wildman–Crippen LogP) is 1.26. The third kappa shape index (κ3) is 2.31. The monoisotopic (exact) mass is 252 g/mol. The Hall–Kier alpha value is -1.04. The van der Waals surface area contributed by atoms with Crippen molar-refractivity contribution in [1.82, 2.24) is 20.1 Å². The van der Waals surface area contributed by atoms with Crippen molar-refractivity contribution in [2.75, 3.05) is 18.8 Å². The second kappa shape index (κ2) is 4.33. The van der Waals surface area contributed by atoms with Gasteiger partial charge in [0.2, 0.25) is 5.82 Å². The van der Waals surface area contributed by atoms with Crippen LogP contribution in [0.3, 0.4) is 0 Å². The molecule has 1 amide bonds. The van der Waals surface area contributed by atoms with E-state index in [1.807, 2.05) is 16.7 Å². The molecule has 1 aromatic heterocycles. The number of nitrogens with one attached hydrogen (secondary N) is 1. The van der Waals surface area contributed by atoms with Crippen LogP contribution in [-0.2, 0) is 0 Å². The number of H-pyrrole nitrogens is 1. The average Bonchev–Trinajstić information content (AvgIpc) is 3.07. The molecule has 1 saturated heterocycles. The molecule has 5 nitrogen and oxygen atoms in total. The third-order valence-electron chi connectivity index (χ3n) is 3.19. The molecule has 0 spiro atoms. The Balaban J connectivity index is 1.71. The first-order valence-electron chi connectivity index (χ1n) is 6.07. The summed E-state index contributed by atoms with van der Waals surface area (Å²) in [6, 6.07) is 0. The van der Waals surface area contributed by atoms with E-state index in [2.05, 4.69) is 22.1 Å². The fraction of sp³-hybridized carbons (Fsp3) is 0.727. The molecule has 2 heterocycles. The summed E-state index contributed by atoms with van der Waals surface area (Å²) in [6.07, 6.45) is 2.33. The first-order valence-corrected chi connectivity index (χ1v) is 7.12. The molecule has 0 bridgehead atoms. The zero-order chi connectivity index (χ0) is 11.8. The van der Waals surface area contributed by atoms with Gasteiger partial charge in [-0.15, -0.1) is 5.10 Å². The molecule has 17 heavy (non-hydrogen) atoms. The minimum atomic E-state index is -0.0275. The van der Waals surface area contributed by atoms with Crippen LogP contribution in [0, 0.1) is 0 Å². The first-order chi connectivity index (χ1) is 8.24. The fourth-order valence-electron chi connectivity index (χ4n) is 2.05. The second-order valence-electron chi connectivity index (χ2n) is 4.75. The van der Waals surface area contributed by atoms with E-state index in [9.17, 15) is 4.79 Å². The van der Waals surface area contributed by atoms with Gasteiger partial charge in [0.15, 0.2) is 0 Å². The van der Waals surface area contributed by atoms with E-state index >= 15 is 0 Å². The largest absolute Gasteiger partial charge is 0.334 e. The van der Waals surface area contributed by atoms with Crippen LogP contribution in [0.15, 0.2) is 0 Å². The molecule has 1 aromatic rings. The number of carbonyl (C=O) groups excluding carboxylic acids is 1. The fourth-order valence-corrected chi connectivity index (χ4v) is 3.07. The number of hydrogen-bond donors (Lipinski definition) is 1. The molecule has 1 aliphatic carbocycles. The van der Waals surface area contributed by atoms with Gasteiger partial charge in [0.05, 0.1) is 0 Å². The van der Waals surface area contributed by atoms with Crippen molar-refractivity contribution in [2.45, 2.75) is 30.9 Å². The molecular formula is C11H16N4OS. The van der Waals surface area contributed by atoms with Gasteiger partial charge in [-0.05, 0) is 12.8 Å². The van der Waals surface area contributed by atoms with Crippen molar-refractivity contribution < 1.29 is 4.79 Å². The molecule has 92 valence electrons. The minimum absolute atomic E-state index is 0.0275. The van der Waals surface area contributed by atoms with E-state index in [4.69, 9.17) is 0 Å². The van der Waals surface area contributed by atoms with Crippen LogP contribution in [-0.4, -0.2) is 50.1 Å². The molecule has 1 N–H and O–H groups in total. The van der Waals surface area contributed by atoms with Crippen LogP contribution in [0.25, 0.3) is 0 Å². The number of rotatable bonds is 2. The Morgan fingerprint density at radius 2 is 2.35 bits per heavy atom. The van der Waals surface area contributed by atoms with Gasteiger partial charge in [-0.25, -0.2) is 4.98 Å². The summed E-state index contributed by atoms with van der Waals surface area (Å²) in [5, 5.41) is 7.44. The van der Waals surface area contributed by atoms with E-state index < -0.39 is 0 Å². The zero-order valence-corrected chi connectivity index (χ0v) is 10.7. The molecule has 1 unspecified atom stereocenters. The Morgan fingerprint density at radius 1 is 1.53 bits per heavy atom. The van der Waals surface area contributed by atoms with E-state index in [1.165, 1.54) is 12.8 Å². The van der Waals surface area contributed by atoms with Crippen molar-refractivity contribution in [3.63, 3.8) is 0 Å². The van der Waals surface area contributed by atoms with E-state index in [-0.39, 0.29) is 5.91 Å². The highest BCUT2D eigenvalue weighted by Gasteiger charge is 2.30. The summed E-state index contributed by atoms with van der Waals surface area (Å²) in [7, 11) is 0. The van der Waals surface area contributed by atoms with Crippen molar-refractivity contribution >= 4 is 17.7 Å². The quantitative estimate of drug-likeness (QED) is 0.860. The van der Waals surface area contributed by atoms with Crippen molar-refractivity contribution in [3.05, 3.63) is 11.6 Å². The Morgan fingerprint density at radius 3 is 3.06 bits per heavy atom. The Labute approximate surface area is 104 Å². The van der Waals surface area contributed by atoms with Gasteiger partial charge in [0, 0.05) is 30.0 Å². The summed E-state index contributed by atoms with van der Waals surface area (Å²) in [6.45, 7) is 3.76. The Kier molecular flexibility index (Phi) is 2.82. The Bertz CT molecular complexity index is 429. The summed E-state index contributed by atoms with van der Waals surface area (Å²) >= 11 is 1.91. The summed E-state index contributed by atoms with van der Waals surface area (Å²) in [4.78, 5) is 18.3. The number of carbonyl (C=O) groups is 1. The summed E-state index contributed by atoms with van der Waals surface area (Å²) in [5.41, 5.74) is 0. The van der Waals surface area contributed by atoms with E-state index in [0.717, 1.165) is 24.7 Å². The maximum absolute atomic E-state index is 12.2. The van der Waals surface area contributed by atoms with Gasteiger partial charge in [-0.3, -0.25) is 9.89 Å².